The zero-order valence-corrected chi connectivity index (χ0v) is 39.3. The van der Waals surface area contributed by atoms with Crippen molar-refractivity contribution in [3.63, 3.8) is 0 Å². The van der Waals surface area contributed by atoms with E-state index in [1.807, 2.05) is 6.82 Å². The number of aromatic nitrogens is 4. The van der Waals surface area contributed by atoms with Gasteiger partial charge in [-0.2, -0.15) is 0 Å². The molecule has 2 fully saturated rings. The van der Waals surface area contributed by atoms with Gasteiger partial charge < -0.3 is 33.8 Å². The molecule has 0 saturated carbocycles. The van der Waals surface area contributed by atoms with Gasteiger partial charge in [0.2, 0.25) is 0 Å². The van der Waals surface area contributed by atoms with Crippen molar-refractivity contribution in [1.82, 2.24) is 39.0 Å². The van der Waals surface area contributed by atoms with Crippen molar-refractivity contribution in [1.29, 1.82) is 0 Å². The fourth-order valence-corrected chi connectivity index (χ4v) is 9.98. The van der Waals surface area contributed by atoms with Crippen molar-refractivity contribution in [2.75, 3.05) is 91.9 Å². The molecule has 8 heterocycles. The van der Waals surface area contributed by atoms with Gasteiger partial charge in [0, 0.05) is 124 Å². The van der Waals surface area contributed by atoms with E-state index >= 15 is 0 Å². The van der Waals surface area contributed by atoms with Crippen LogP contribution in [-0.2, 0) is 36.4 Å². The van der Waals surface area contributed by atoms with E-state index in [1.54, 1.807) is 0 Å². The number of ether oxygens (including phenoxy) is 2. The predicted octanol–water partition coefficient (Wildman–Crippen LogP) is 7.42. The average Bonchev–Trinajstić information content (AvgIpc) is 3.84. The predicted molar refractivity (Wildman–Crippen MR) is 267 cm³/mol. The fraction of sp³-hybridized carbons (Fsp3) is 0.434. The Morgan fingerprint density at radius 2 is 1.08 bits per heavy atom. The number of rotatable bonds is 11. The molecule has 4 aromatic heterocycles. The number of fused-ring (bicyclic) bond motifs is 2. The first-order valence-electron chi connectivity index (χ1n) is 23.9. The summed E-state index contributed by atoms with van der Waals surface area (Å²) in [4.78, 5) is 17.0. The van der Waals surface area contributed by atoms with Crippen molar-refractivity contribution in [2.45, 2.75) is 46.4 Å². The molecular formula is C53H67BN8O3. The third kappa shape index (κ3) is 10.6. The molecule has 4 aliphatic heterocycles. The Balaban J connectivity index is 0.000000165. The highest BCUT2D eigenvalue weighted by Crippen LogP contribution is 2.34. The smallest absolute Gasteiger partial charge is 0.376 e. The van der Waals surface area contributed by atoms with Crippen LogP contribution in [0, 0.1) is 13.8 Å². The van der Waals surface area contributed by atoms with Crippen LogP contribution in [0.4, 0.5) is 0 Å². The second-order valence-electron chi connectivity index (χ2n) is 18.3. The minimum atomic E-state index is -0.389. The highest BCUT2D eigenvalue weighted by Gasteiger charge is 2.21. The van der Waals surface area contributed by atoms with Crippen molar-refractivity contribution < 1.29 is 14.5 Å². The van der Waals surface area contributed by atoms with E-state index < -0.39 is 0 Å². The average molecular weight is 875 g/mol. The van der Waals surface area contributed by atoms with Crippen LogP contribution in [-0.4, -0.2) is 138 Å². The van der Waals surface area contributed by atoms with E-state index in [2.05, 4.69) is 142 Å². The number of nitrogens with one attached hydrogen (secondary N) is 1. The van der Waals surface area contributed by atoms with Gasteiger partial charge in [0.1, 0.15) is 0 Å². The van der Waals surface area contributed by atoms with Gasteiger partial charge in [-0.15, -0.1) is 0 Å². The van der Waals surface area contributed by atoms with Crippen LogP contribution in [0.25, 0.3) is 55.5 Å². The Morgan fingerprint density at radius 1 is 0.615 bits per heavy atom. The number of benzene rings is 2. The lowest BCUT2D eigenvalue weighted by molar-refractivity contribution is 0.0382. The Labute approximate surface area is 385 Å². The van der Waals surface area contributed by atoms with Gasteiger partial charge in [-0.25, -0.2) is 0 Å². The van der Waals surface area contributed by atoms with Gasteiger partial charge in [-0.05, 0) is 93.1 Å². The van der Waals surface area contributed by atoms with E-state index in [1.165, 1.54) is 61.0 Å². The van der Waals surface area contributed by atoms with Crippen LogP contribution < -0.4 is 5.32 Å². The number of hydrogen-bond donors (Lipinski definition) is 2. The Hall–Kier alpha value is -4.92. The summed E-state index contributed by atoms with van der Waals surface area (Å²) in [5.41, 5.74) is 17.2. The molecule has 340 valence electrons. The molecule has 0 atom stereocenters. The van der Waals surface area contributed by atoms with Crippen LogP contribution >= 0.6 is 0 Å². The Morgan fingerprint density at radius 3 is 1.49 bits per heavy atom. The Kier molecular flexibility index (Phi) is 14.4. The summed E-state index contributed by atoms with van der Waals surface area (Å²) in [6, 6.07) is 26.9. The van der Waals surface area contributed by atoms with Crippen LogP contribution in [0.5, 0.6) is 0 Å². The molecule has 2 saturated heterocycles. The zero-order valence-electron chi connectivity index (χ0n) is 39.3. The molecule has 65 heavy (non-hydrogen) atoms. The SMILES string of the molecule is CB(O)N1CC=C(c2ccc(-c3nc(C)cc4c3cc(CCN3CCOCC3)n4C)cc2)CC1.Cc1cc2c(cc(CCN3CCOCC3)n2C)c(-c2ccc(C3=CCNCC3)cc2)n1. The molecule has 10 rings (SSSR count). The second kappa shape index (κ2) is 20.7. The summed E-state index contributed by atoms with van der Waals surface area (Å²) in [6.45, 7) is 19.4. The van der Waals surface area contributed by atoms with Crippen LogP contribution in [0.15, 0.2) is 84.9 Å². The zero-order chi connectivity index (χ0) is 44.9. The van der Waals surface area contributed by atoms with E-state index in [0.29, 0.717) is 0 Å². The van der Waals surface area contributed by atoms with E-state index in [9.17, 15) is 5.02 Å². The molecule has 0 spiro atoms. The minimum Gasteiger partial charge on any atom is -0.437 e. The van der Waals surface area contributed by atoms with E-state index in [4.69, 9.17) is 19.4 Å². The van der Waals surface area contributed by atoms with Crippen molar-refractivity contribution in [3.8, 4) is 22.5 Å². The third-order valence-electron chi connectivity index (χ3n) is 14.0. The summed E-state index contributed by atoms with van der Waals surface area (Å²) in [5, 5.41) is 15.7. The third-order valence-corrected chi connectivity index (χ3v) is 14.0. The molecule has 0 amide bonds. The Bertz CT molecular complexity index is 2640. The molecule has 4 aliphatic rings. The first-order chi connectivity index (χ1) is 31.7. The monoisotopic (exact) mass is 875 g/mol. The fourth-order valence-electron chi connectivity index (χ4n) is 9.98. The number of nitrogens with zero attached hydrogens (tertiary/aromatic N) is 7. The minimum absolute atomic E-state index is 0.389. The number of hydrogen-bond acceptors (Lipinski definition) is 9. The number of pyridine rings is 2. The van der Waals surface area contributed by atoms with E-state index in [0.717, 1.165) is 146 Å². The highest BCUT2D eigenvalue weighted by molar-refractivity contribution is 6.45. The number of morpholine rings is 2. The lowest BCUT2D eigenvalue weighted by Crippen LogP contribution is -2.39. The van der Waals surface area contributed by atoms with Gasteiger partial charge in [0.05, 0.1) is 48.8 Å². The first kappa shape index (κ1) is 45.2. The topological polar surface area (TPSA) is 96.1 Å². The first-order valence-corrected chi connectivity index (χ1v) is 23.9. The van der Waals surface area contributed by atoms with Gasteiger partial charge in [0.15, 0.2) is 0 Å². The molecule has 11 nitrogen and oxygen atoms in total. The quantitative estimate of drug-likeness (QED) is 0.129. The summed E-state index contributed by atoms with van der Waals surface area (Å²) in [5.74, 6) is 0. The van der Waals surface area contributed by atoms with Crippen molar-refractivity contribution in [3.05, 3.63) is 119 Å². The molecule has 0 radical (unpaired) electrons. The standard InChI is InChI=1S/C27H35BN4O2.C26H32N4O/c1-20-18-26-25(19-24(30(26)3)10-11-31-14-16-34-17-15-31)27(29-20)23-6-4-21(5-7-23)22-8-12-32(13-9-22)28(2)33;1-19-17-25-24(18-23(29(25)2)9-12-30-13-15-31-16-14-30)26(28-19)22-5-3-20(4-6-22)21-7-10-27-11-8-21/h4-8,18-19,33H,9-17H2,1-3H3;3-7,17-18,27H,8-16H2,1-2H3. The highest BCUT2D eigenvalue weighted by atomic mass is 16.5. The van der Waals surface area contributed by atoms with Gasteiger partial charge >= 0.3 is 7.05 Å². The molecule has 6 aromatic rings. The van der Waals surface area contributed by atoms with Gasteiger partial charge in [0.25, 0.3) is 0 Å². The van der Waals surface area contributed by atoms with Crippen LogP contribution in [0.1, 0.15) is 46.7 Å². The van der Waals surface area contributed by atoms with Crippen molar-refractivity contribution >= 4 is 40.0 Å². The maximum absolute atomic E-state index is 9.81. The normalized spacial score (nSPS) is 17.8. The van der Waals surface area contributed by atoms with Crippen LogP contribution in [0.2, 0.25) is 6.82 Å². The maximum atomic E-state index is 9.81. The largest absolute Gasteiger partial charge is 0.437 e. The van der Waals surface area contributed by atoms with Crippen molar-refractivity contribution in [2.24, 2.45) is 14.1 Å². The summed E-state index contributed by atoms with van der Waals surface area (Å²) >= 11 is 0. The molecule has 12 heteroatoms. The number of aryl methyl sites for hydroxylation is 4. The lowest BCUT2D eigenvalue weighted by atomic mass is 9.82. The van der Waals surface area contributed by atoms with Gasteiger partial charge in [-0.1, -0.05) is 60.7 Å². The molecule has 0 unspecified atom stereocenters. The summed E-state index contributed by atoms with van der Waals surface area (Å²) in [6.07, 6.45) is 8.68. The molecule has 2 N–H and O–H groups in total. The van der Waals surface area contributed by atoms with E-state index in [-0.39, 0.29) is 7.05 Å². The summed E-state index contributed by atoms with van der Waals surface area (Å²) in [7, 11) is 3.97. The molecule has 0 bridgehead atoms. The molecule has 2 aromatic carbocycles. The van der Waals surface area contributed by atoms with Crippen LogP contribution in [0.3, 0.4) is 0 Å². The summed E-state index contributed by atoms with van der Waals surface area (Å²) < 4.78 is 15.7. The second-order valence-corrected chi connectivity index (χ2v) is 18.3. The molecular weight excluding hydrogens is 807 g/mol. The van der Waals surface area contributed by atoms with Gasteiger partial charge in [-0.3, -0.25) is 19.8 Å². The maximum Gasteiger partial charge on any atom is 0.376 e. The lowest BCUT2D eigenvalue weighted by Gasteiger charge is -2.27. The molecule has 0 aliphatic carbocycles.